The molecule has 1 amide bonds. The topological polar surface area (TPSA) is 169 Å². The maximum atomic E-state index is 14.4. The second-order valence-electron chi connectivity index (χ2n) is 12.4. The Bertz CT molecular complexity index is 1740. The number of nitrogens with zero attached hydrogens (tertiary/aromatic N) is 3. The molecular formula is C33H46N4O9S2. The van der Waals surface area contributed by atoms with Crippen molar-refractivity contribution in [2.75, 3.05) is 38.1 Å². The van der Waals surface area contributed by atoms with E-state index in [4.69, 9.17) is 14.0 Å². The van der Waals surface area contributed by atoms with E-state index in [0.717, 1.165) is 6.42 Å². The van der Waals surface area contributed by atoms with E-state index in [2.05, 4.69) is 9.88 Å². The van der Waals surface area contributed by atoms with Crippen LogP contribution in [0.3, 0.4) is 0 Å². The maximum absolute atomic E-state index is 14.4. The summed E-state index contributed by atoms with van der Waals surface area (Å²) in [5, 5.41) is 14.0. The third-order valence-corrected chi connectivity index (χ3v) is 11.9. The highest BCUT2D eigenvalue weighted by Gasteiger charge is 2.34. The number of ether oxygens (including phenoxy) is 2. The van der Waals surface area contributed by atoms with E-state index >= 15 is 0 Å². The van der Waals surface area contributed by atoms with Crippen LogP contribution >= 0.6 is 0 Å². The molecule has 1 aromatic heterocycles. The average molecular weight is 707 g/mol. The minimum absolute atomic E-state index is 0.00791. The normalized spacial score (nSPS) is 20.9. The molecule has 13 nitrogen and oxygen atoms in total. The first-order valence-electron chi connectivity index (χ1n) is 16.0. The van der Waals surface area contributed by atoms with Crippen LogP contribution in [0.15, 0.2) is 62.8 Å². The largest absolute Gasteiger partial charge is 0.490 e. The number of rotatable bonds is 9. The molecule has 0 saturated heterocycles. The van der Waals surface area contributed by atoms with Gasteiger partial charge in [-0.2, -0.15) is 4.31 Å². The Morgan fingerprint density at radius 2 is 1.79 bits per heavy atom. The lowest BCUT2D eigenvalue weighted by Crippen LogP contribution is -2.48. The Kier molecular flexibility index (Phi) is 12.3. The number of hydrogen-bond donors (Lipinski definition) is 2. The molecule has 0 unspecified atom stereocenters. The molecule has 4 atom stereocenters. The van der Waals surface area contributed by atoms with Crippen LogP contribution in [0.4, 0.5) is 5.69 Å². The average Bonchev–Trinajstić information content (AvgIpc) is 3.40. The van der Waals surface area contributed by atoms with Gasteiger partial charge in [0.25, 0.3) is 15.9 Å². The van der Waals surface area contributed by atoms with Crippen molar-refractivity contribution in [3.05, 3.63) is 65.5 Å². The summed E-state index contributed by atoms with van der Waals surface area (Å²) in [5.74, 6) is -0.406. The molecule has 0 aliphatic carbocycles. The van der Waals surface area contributed by atoms with Gasteiger partial charge in [-0.1, -0.05) is 30.3 Å². The smallest absolute Gasteiger partial charge is 0.261 e. The minimum Gasteiger partial charge on any atom is -0.490 e. The predicted molar refractivity (Wildman–Crippen MR) is 180 cm³/mol. The van der Waals surface area contributed by atoms with Crippen LogP contribution in [-0.4, -0.2) is 93.8 Å². The van der Waals surface area contributed by atoms with Crippen LogP contribution < -0.4 is 9.46 Å². The summed E-state index contributed by atoms with van der Waals surface area (Å²) < 4.78 is 74.7. The molecule has 1 aliphatic heterocycles. The molecule has 3 aromatic rings. The number of likely N-dealkylation sites (N-methyl/N-ethyl adjacent to an activating group) is 1. The van der Waals surface area contributed by atoms with Gasteiger partial charge in [0.2, 0.25) is 10.0 Å². The van der Waals surface area contributed by atoms with Crippen molar-refractivity contribution in [1.82, 2.24) is 14.4 Å². The van der Waals surface area contributed by atoms with Gasteiger partial charge < -0.3 is 24.0 Å². The zero-order chi connectivity index (χ0) is 35.2. The van der Waals surface area contributed by atoms with E-state index in [-0.39, 0.29) is 64.0 Å². The second kappa shape index (κ2) is 15.8. The molecule has 0 fully saturated rings. The highest BCUT2D eigenvalue weighted by atomic mass is 32.2. The summed E-state index contributed by atoms with van der Waals surface area (Å²) >= 11 is 0. The van der Waals surface area contributed by atoms with Gasteiger partial charge in [0.05, 0.1) is 35.3 Å². The van der Waals surface area contributed by atoms with Crippen LogP contribution in [0, 0.1) is 19.8 Å². The zero-order valence-electron chi connectivity index (χ0n) is 28.2. The van der Waals surface area contributed by atoms with Crippen LogP contribution in [0.2, 0.25) is 0 Å². The van der Waals surface area contributed by atoms with Crippen molar-refractivity contribution in [1.29, 1.82) is 0 Å². The lowest BCUT2D eigenvalue weighted by Gasteiger charge is -2.35. The monoisotopic (exact) mass is 706 g/mol. The quantitative estimate of drug-likeness (QED) is 0.329. The van der Waals surface area contributed by atoms with Gasteiger partial charge in [0.15, 0.2) is 5.76 Å². The van der Waals surface area contributed by atoms with Crippen molar-refractivity contribution in [2.24, 2.45) is 5.92 Å². The first-order valence-corrected chi connectivity index (χ1v) is 18.9. The SMILES string of the molecule is Cc1noc(C)c1S(=O)(=O)N(C)C[C@@H]1OCCCC[C@H](C)Oc2ccc(NS(=O)(=O)c3ccccc3)cc2C(=O)N([C@@H](C)CO)C[C@H]1C. The Labute approximate surface area is 283 Å². The number of sulfonamides is 2. The fourth-order valence-corrected chi connectivity index (χ4v) is 8.15. The summed E-state index contributed by atoms with van der Waals surface area (Å²) in [7, 11) is -6.45. The molecule has 2 N–H and O–H groups in total. The number of amides is 1. The summed E-state index contributed by atoms with van der Waals surface area (Å²) in [6, 6.07) is 11.8. The summed E-state index contributed by atoms with van der Waals surface area (Å²) in [5.41, 5.74) is 0.545. The number of fused-ring (bicyclic) bond motifs is 1. The van der Waals surface area contributed by atoms with E-state index < -0.39 is 44.0 Å². The lowest BCUT2D eigenvalue weighted by atomic mass is 10.0. The summed E-state index contributed by atoms with van der Waals surface area (Å²) in [6.07, 6.45) is 1.19. The van der Waals surface area contributed by atoms with Crippen molar-refractivity contribution >= 4 is 31.6 Å². The molecule has 264 valence electrons. The van der Waals surface area contributed by atoms with Gasteiger partial charge >= 0.3 is 0 Å². The highest BCUT2D eigenvalue weighted by molar-refractivity contribution is 7.92. The number of aromatic nitrogens is 1. The molecule has 0 spiro atoms. The van der Waals surface area contributed by atoms with Gasteiger partial charge in [0.1, 0.15) is 16.3 Å². The van der Waals surface area contributed by atoms with Gasteiger partial charge in [-0.15, -0.1) is 0 Å². The fraction of sp³-hybridized carbons (Fsp3) is 0.515. The van der Waals surface area contributed by atoms with Crippen LogP contribution in [-0.2, 0) is 24.8 Å². The number of carbonyl (C=O) groups is 1. The van der Waals surface area contributed by atoms with E-state index in [1.54, 1.807) is 51.1 Å². The Hall–Kier alpha value is -3.50. The first kappa shape index (κ1) is 37.3. The van der Waals surface area contributed by atoms with Gasteiger partial charge in [-0.05, 0) is 77.3 Å². The summed E-state index contributed by atoms with van der Waals surface area (Å²) in [4.78, 5) is 15.9. The molecule has 48 heavy (non-hydrogen) atoms. The van der Waals surface area contributed by atoms with Crippen LogP contribution in [0.5, 0.6) is 5.75 Å². The Morgan fingerprint density at radius 3 is 2.44 bits per heavy atom. The number of anilines is 1. The number of benzene rings is 2. The van der Waals surface area contributed by atoms with E-state index in [1.165, 1.54) is 34.5 Å². The van der Waals surface area contributed by atoms with Gasteiger partial charge in [-0.25, -0.2) is 16.8 Å². The van der Waals surface area contributed by atoms with Crippen LogP contribution in [0.1, 0.15) is 61.8 Å². The maximum Gasteiger partial charge on any atom is 0.261 e. The summed E-state index contributed by atoms with van der Waals surface area (Å²) in [6.45, 7) is 8.66. The van der Waals surface area contributed by atoms with Gasteiger partial charge in [-0.3, -0.25) is 9.52 Å². The fourth-order valence-electron chi connectivity index (χ4n) is 5.61. The molecular weight excluding hydrogens is 661 g/mol. The molecule has 0 saturated carbocycles. The van der Waals surface area contributed by atoms with E-state index in [0.29, 0.717) is 19.4 Å². The third kappa shape index (κ3) is 8.74. The van der Waals surface area contributed by atoms with Gasteiger partial charge in [0, 0.05) is 38.3 Å². The van der Waals surface area contributed by atoms with Crippen molar-refractivity contribution < 1.29 is 40.7 Å². The molecule has 2 heterocycles. The number of carbonyl (C=O) groups excluding carboxylic acids is 1. The standard InChI is InChI=1S/C33H46N4O9S2/c1-22-19-37(23(2)21-38)33(39)29-18-27(35-47(40,41)28-13-8-7-9-14-28)15-16-30(29)45-24(3)12-10-11-17-44-31(22)20-36(6)48(42,43)32-25(4)34-46-26(32)5/h7-9,13-16,18,22-24,31,35,38H,10-12,17,19-21H2,1-6H3/t22-,23+,24+,31+/m1/s1. The van der Waals surface area contributed by atoms with Crippen molar-refractivity contribution in [2.45, 2.75) is 81.9 Å². The van der Waals surface area contributed by atoms with Crippen molar-refractivity contribution in [3.63, 3.8) is 0 Å². The number of hydrogen-bond acceptors (Lipinski definition) is 10. The van der Waals surface area contributed by atoms with Crippen molar-refractivity contribution in [3.8, 4) is 5.75 Å². The minimum atomic E-state index is -3.97. The number of aliphatic hydroxyl groups is 1. The highest BCUT2D eigenvalue weighted by Crippen LogP contribution is 2.30. The number of nitrogens with one attached hydrogen (secondary N) is 1. The van der Waals surface area contributed by atoms with Crippen LogP contribution in [0.25, 0.3) is 0 Å². The molecule has 2 aromatic carbocycles. The molecule has 15 heteroatoms. The number of aliphatic hydroxyl groups excluding tert-OH is 1. The first-order chi connectivity index (χ1) is 22.6. The van der Waals surface area contributed by atoms with E-state index in [1.807, 2.05) is 13.8 Å². The molecule has 0 radical (unpaired) electrons. The molecule has 4 rings (SSSR count). The Morgan fingerprint density at radius 1 is 1.08 bits per heavy atom. The third-order valence-electron chi connectivity index (χ3n) is 8.43. The zero-order valence-corrected chi connectivity index (χ0v) is 29.9. The number of aryl methyl sites for hydroxylation is 2. The Balaban J connectivity index is 1.69. The lowest BCUT2D eigenvalue weighted by molar-refractivity contribution is -0.00835. The van der Waals surface area contributed by atoms with E-state index in [9.17, 15) is 26.7 Å². The second-order valence-corrected chi connectivity index (χ2v) is 16.0. The molecule has 0 bridgehead atoms. The molecule has 1 aliphatic rings. The predicted octanol–water partition coefficient (Wildman–Crippen LogP) is 4.21.